The van der Waals surface area contributed by atoms with Crippen LogP contribution in [0.2, 0.25) is 0 Å². The smallest absolute Gasteiger partial charge is 0.203 e. The van der Waals surface area contributed by atoms with E-state index in [2.05, 4.69) is 26.1 Å². The monoisotopic (exact) mass is 281 g/mol. The first-order valence-electron chi connectivity index (χ1n) is 7.03. The van der Waals surface area contributed by atoms with E-state index in [1.807, 2.05) is 12.1 Å². The van der Waals surface area contributed by atoms with Crippen molar-refractivity contribution in [2.45, 2.75) is 27.3 Å². The van der Waals surface area contributed by atoms with E-state index in [0.29, 0.717) is 29.1 Å². The molecule has 0 radical (unpaired) electrons. The first-order valence-corrected chi connectivity index (χ1v) is 7.03. The summed E-state index contributed by atoms with van der Waals surface area (Å²) in [4.78, 5) is 0. The average molecular weight is 281 g/mol. The number of benzene rings is 1. The summed E-state index contributed by atoms with van der Waals surface area (Å²) in [6.07, 6.45) is 0. The van der Waals surface area contributed by atoms with E-state index >= 15 is 0 Å². The fourth-order valence-corrected chi connectivity index (χ4v) is 1.92. The fourth-order valence-electron chi connectivity index (χ4n) is 1.92. The number of hydrogen-bond acceptors (Lipinski definition) is 4. The van der Waals surface area contributed by atoms with Crippen LogP contribution < -0.4 is 19.5 Å². The van der Waals surface area contributed by atoms with Crippen molar-refractivity contribution in [1.82, 2.24) is 5.32 Å². The zero-order valence-electron chi connectivity index (χ0n) is 13.4. The third-order valence-corrected chi connectivity index (χ3v) is 3.66. The van der Waals surface area contributed by atoms with Crippen molar-refractivity contribution in [3.8, 4) is 17.2 Å². The normalized spacial score (nSPS) is 12.3. The van der Waals surface area contributed by atoms with Crippen molar-refractivity contribution in [3.63, 3.8) is 0 Å². The molecule has 0 bridgehead atoms. The van der Waals surface area contributed by atoms with E-state index in [1.54, 1.807) is 21.3 Å². The van der Waals surface area contributed by atoms with Crippen molar-refractivity contribution in [2.75, 3.05) is 27.9 Å². The van der Waals surface area contributed by atoms with Gasteiger partial charge in [0.05, 0.1) is 21.3 Å². The predicted octanol–water partition coefficient (Wildman–Crippen LogP) is 3.09. The highest BCUT2D eigenvalue weighted by molar-refractivity contribution is 5.53. The van der Waals surface area contributed by atoms with Gasteiger partial charge in [0.25, 0.3) is 0 Å². The van der Waals surface area contributed by atoms with Gasteiger partial charge in [0.15, 0.2) is 11.5 Å². The highest BCUT2D eigenvalue weighted by Crippen LogP contribution is 2.38. The third kappa shape index (κ3) is 4.30. The number of methoxy groups -OCH3 is 3. The molecule has 1 unspecified atom stereocenters. The summed E-state index contributed by atoms with van der Waals surface area (Å²) < 4.78 is 16.0. The molecule has 0 saturated heterocycles. The van der Waals surface area contributed by atoms with Crippen LogP contribution in [-0.4, -0.2) is 27.9 Å². The molecule has 1 atom stereocenters. The van der Waals surface area contributed by atoms with Gasteiger partial charge >= 0.3 is 0 Å². The first kappa shape index (κ1) is 16.6. The van der Waals surface area contributed by atoms with Crippen LogP contribution in [0, 0.1) is 11.8 Å². The van der Waals surface area contributed by atoms with Crippen molar-refractivity contribution in [3.05, 3.63) is 17.7 Å². The molecule has 114 valence electrons. The highest BCUT2D eigenvalue weighted by atomic mass is 16.5. The van der Waals surface area contributed by atoms with Crippen molar-refractivity contribution >= 4 is 0 Å². The third-order valence-electron chi connectivity index (χ3n) is 3.66. The van der Waals surface area contributed by atoms with Gasteiger partial charge in [-0.05, 0) is 36.1 Å². The summed E-state index contributed by atoms with van der Waals surface area (Å²) in [6, 6.07) is 3.96. The molecule has 0 aromatic heterocycles. The molecule has 1 aromatic carbocycles. The zero-order valence-corrected chi connectivity index (χ0v) is 13.4. The first-order chi connectivity index (χ1) is 9.53. The van der Waals surface area contributed by atoms with E-state index in [0.717, 1.165) is 18.7 Å². The molecular weight excluding hydrogens is 254 g/mol. The van der Waals surface area contributed by atoms with Gasteiger partial charge in [-0.3, -0.25) is 0 Å². The summed E-state index contributed by atoms with van der Waals surface area (Å²) >= 11 is 0. The molecule has 0 spiro atoms. The van der Waals surface area contributed by atoms with Crippen LogP contribution >= 0.6 is 0 Å². The van der Waals surface area contributed by atoms with Crippen LogP contribution in [0.4, 0.5) is 0 Å². The summed E-state index contributed by atoms with van der Waals surface area (Å²) in [7, 11) is 4.88. The second-order valence-corrected chi connectivity index (χ2v) is 5.39. The minimum atomic E-state index is 0.634. The molecule has 0 heterocycles. The van der Waals surface area contributed by atoms with Crippen molar-refractivity contribution in [1.29, 1.82) is 0 Å². The van der Waals surface area contributed by atoms with Crippen LogP contribution in [-0.2, 0) is 6.54 Å². The Morgan fingerprint density at radius 1 is 0.950 bits per heavy atom. The summed E-state index contributed by atoms with van der Waals surface area (Å²) in [5.74, 6) is 3.36. The maximum Gasteiger partial charge on any atom is 0.203 e. The molecule has 1 rings (SSSR count). The molecular formula is C16H27NO3. The molecule has 1 aromatic rings. The molecule has 4 heteroatoms. The van der Waals surface area contributed by atoms with E-state index in [1.165, 1.54) is 0 Å². The maximum absolute atomic E-state index is 5.35. The van der Waals surface area contributed by atoms with Gasteiger partial charge in [-0.1, -0.05) is 20.8 Å². The van der Waals surface area contributed by atoms with Gasteiger partial charge < -0.3 is 19.5 Å². The lowest BCUT2D eigenvalue weighted by atomic mass is 9.98. The minimum Gasteiger partial charge on any atom is -0.493 e. The minimum absolute atomic E-state index is 0.634. The lowest BCUT2D eigenvalue weighted by molar-refractivity contribution is 0.323. The van der Waals surface area contributed by atoms with Crippen LogP contribution in [0.1, 0.15) is 26.3 Å². The Bertz CT molecular complexity index is 393. The second-order valence-electron chi connectivity index (χ2n) is 5.39. The van der Waals surface area contributed by atoms with Gasteiger partial charge in [-0.2, -0.15) is 0 Å². The van der Waals surface area contributed by atoms with Gasteiger partial charge in [-0.25, -0.2) is 0 Å². The molecule has 0 aliphatic heterocycles. The lowest BCUT2D eigenvalue weighted by Crippen LogP contribution is -2.23. The summed E-state index contributed by atoms with van der Waals surface area (Å²) in [5, 5.41) is 3.47. The maximum atomic E-state index is 5.35. The van der Waals surface area contributed by atoms with Gasteiger partial charge in [-0.15, -0.1) is 0 Å². The van der Waals surface area contributed by atoms with E-state index < -0.39 is 0 Å². The molecule has 0 aliphatic carbocycles. The van der Waals surface area contributed by atoms with E-state index in [-0.39, 0.29) is 0 Å². The molecule has 20 heavy (non-hydrogen) atoms. The zero-order chi connectivity index (χ0) is 15.1. The van der Waals surface area contributed by atoms with E-state index in [4.69, 9.17) is 14.2 Å². The Balaban J connectivity index is 2.76. The Kier molecular flexibility index (Phi) is 6.65. The Hall–Kier alpha value is -1.42. The van der Waals surface area contributed by atoms with Crippen LogP contribution in [0.15, 0.2) is 12.1 Å². The average Bonchev–Trinajstić information content (AvgIpc) is 2.45. The number of ether oxygens (including phenoxy) is 3. The lowest BCUT2D eigenvalue weighted by Gasteiger charge is -2.17. The van der Waals surface area contributed by atoms with Gasteiger partial charge in [0.1, 0.15) is 0 Å². The van der Waals surface area contributed by atoms with Crippen LogP contribution in [0.5, 0.6) is 17.2 Å². The standard InChI is InChI=1S/C16H27NO3/c1-11(2)12(3)9-17-10-13-7-14(18-4)16(20-6)15(8-13)19-5/h7-8,11-12,17H,9-10H2,1-6H3. The predicted molar refractivity (Wildman–Crippen MR) is 81.8 cm³/mol. The molecule has 0 amide bonds. The quantitative estimate of drug-likeness (QED) is 0.795. The van der Waals surface area contributed by atoms with Gasteiger partial charge in [0.2, 0.25) is 5.75 Å². The fraction of sp³-hybridized carbons (Fsp3) is 0.625. The highest BCUT2D eigenvalue weighted by Gasteiger charge is 2.13. The van der Waals surface area contributed by atoms with Crippen LogP contribution in [0.3, 0.4) is 0 Å². The van der Waals surface area contributed by atoms with E-state index in [9.17, 15) is 0 Å². The van der Waals surface area contributed by atoms with Crippen LogP contribution in [0.25, 0.3) is 0 Å². The number of rotatable bonds is 8. The van der Waals surface area contributed by atoms with Gasteiger partial charge in [0, 0.05) is 6.54 Å². The number of hydrogen-bond donors (Lipinski definition) is 1. The topological polar surface area (TPSA) is 39.7 Å². The Morgan fingerprint density at radius 2 is 1.50 bits per heavy atom. The second kappa shape index (κ2) is 8.00. The largest absolute Gasteiger partial charge is 0.493 e. The molecule has 0 saturated carbocycles. The molecule has 4 nitrogen and oxygen atoms in total. The summed E-state index contributed by atoms with van der Waals surface area (Å²) in [5.41, 5.74) is 1.12. The van der Waals surface area contributed by atoms with Crippen molar-refractivity contribution < 1.29 is 14.2 Å². The van der Waals surface area contributed by atoms with Crippen molar-refractivity contribution in [2.24, 2.45) is 11.8 Å². The molecule has 0 aliphatic rings. The SMILES string of the molecule is COc1cc(CNCC(C)C(C)C)cc(OC)c1OC. The molecule has 1 N–H and O–H groups in total. The summed E-state index contributed by atoms with van der Waals surface area (Å²) in [6.45, 7) is 8.52. The molecule has 0 fully saturated rings. The Morgan fingerprint density at radius 3 is 1.90 bits per heavy atom. The Labute approximate surface area is 122 Å². The number of nitrogens with one attached hydrogen (secondary N) is 1.